The average Bonchev–Trinajstić information content (AvgIpc) is 2.26. The molecule has 1 aliphatic heterocycles. The lowest BCUT2D eigenvalue weighted by atomic mass is 10.0. The molecule has 0 spiro atoms. The maximum atomic E-state index is 5.25. The van der Waals surface area contributed by atoms with Crippen LogP contribution in [-0.4, -0.2) is 12.3 Å². The average molecular weight is 203 g/mol. The molecule has 72 valence electrons. The lowest BCUT2D eigenvalue weighted by molar-refractivity contribution is 0.545. The third-order valence-electron chi connectivity index (χ3n) is 2.41. The van der Waals surface area contributed by atoms with Gasteiger partial charge in [-0.25, -0.2) is 0 Å². The van der Waals surface area contributed by atoms with Gasteiger partial charge in [0.2, 0.25) is 0 Å². The van der Waals surface area contributed by atoms with Crippen molar-refractivity contribution in [2.75, 3.05) is 12.3 Å². The van der Waals surface area contributed by atoms with E-state index in [0.29, 0.717) is 12.6 Å². The molecule has 0 bridgehead atoms. The first-order chi connectivity index (χ1) is 6.92. The highest BCUT2D eigenvalue weighted by Crippen LogP contribution is 2.35. The summed E-state index contributed by atoms with van der Waals surface area (Å²) in [6.07, 6.45) is 6.42. The lowest BCUT2D eigenvalue weighted by Gasteiger charge is -2.25. The number of hydrogen-bond acceptors (Lipinski definition) is 2. The molecule has 0 aromatic heterocycles. The second-order valence-electron chi connectivity index (χ2n) is 3.31. The summed E-state index contributed by atoms with van der Waals surface area (Å²) in [4.78, 5) is 1.40. The molecule has 1 aromatic carbocycles. The summed E-state index contributed by atoms with van der Waals surface area (Å²) in [7, 11) is 0. The molecule has 1 atom stereocenters. The third-order valence-corrected chi connectivity index (χ3v) is 3.53. The molecule has 0 aliphatic carbocycles. The van der Waals surface area contributed by atoms with E-state index < -0.39 is 0 Å². The van der Waals surface area contributed by atoms with Gasteiger partial charge >= 0.3 is 0 Å². The van der Waals surface area contributed by atoms with Gasteiger partial charge < -0.3 is 0 Å². The summed E-state index contributed by atoms with van der Waals surface area (Å²) >= 11 is 1.93. The molecular weight excluding hydrogens is 190 g/mol. The van der Waals surface area contributed by atoms with Gasteiger partial charge in [0.05, 0.1) is 6.54 Å². The van der Waals surface area contributed by atoms with Crippen LogP contribution in [-0.2, 0) is 0 Å². The van der Waals surface area contributed by atoms with Crippen LogP contribution in [0.5, 0.6) is 0 Å². The van der Waals surface area contributed by atoms with Crippen molar-refractivity contribution in [1.29, 1.82) is 0 Å². The van der Waals surface area contributed by atoms with Gasteiger partial charge in [-0.15, -0.1) is 18.2 Å². The van der Waals surface area contributed by atoms with Crippen LogP contribution in [0.1, 0.15) is 18.0 Å². The highest BCUT2D eigenvalue weighted by atomic mass is 32.2. The molecule has 1 N–H and O–H groups in total. The van der Waals surface area contributed by atoms with Crippen LogP contribution >= 0.6 is 11.8 Å². The van der Waals surface area contributed by atoms with E-state index in [1.165, 1.54) is 22.6 Å². The van der Waals surface area contributed by atoms with Crippen LogP contribution in [0.4, 0.5) is 0 Å². The summed E-state index contributed by atoms with van der Waals surface area (Å²) in [5.41, 5.74) is 1.40. The molecule has 1 aromatic rings. The number of terminal acetylenes is 1. The van der Waals surface area contributed by atoms with Crippen molar-refractivity contribution >= 4 is 11.8 Å². The molecular formula is C12H13NS. The predicted octanol–water partition coefficient (Wildman–Crippen LogP) is 2.45. The van der Waals surface area contributed by atoms with Gasteiger partial charge in [0.25, 0.3) is 0 Å². The number of thioether (sulfide) groups is 1. The molecule has 0 amide bonds. The van der Waals surface area contributed by atoms with Crippen LogP contribution < -0.4 is 5.32 Å². The number of nitrogens with one attached hydrogen (secondary N) is 1. The van der Waals surface area contributed by atoms with E-state index in [2.05, 4.69) is 35.5 Å². The van der Waals surface area contributed by atoms with Gasteiger partial charge in [-0.1, -0.05) is 24.1 Å². The van der Waals surface area contributed by atoms with Gasteiger partial charge in [-0.2, -0.15) is 0 Å². The standard InChI is InChI=1S/C12H13NS/c1-2-8-13-11-7-9-14-12-6-4-3-5-10(11)12/h1,3-6,11,13H,7-9H2. The molecule has 1 heterocycles. The van der Waals surface area contributed by atoms with Gasteiger partial charge in [-0.3, -0.25) is 5.32 Å². The van der Waals surface area contributed by atoms with Crippen LogP contribution in [0, 0.1) is 12.3 Å². The van der Waals surface area contributed by atoms with Crippen molar-refractivity contribution in [2.45, 2.75) is 17.4 Å². The van der Waals surface area contributed by atoms with Crippen molar-refractivity contribution in [2.24, 2.45) is 0 Å². The fraction of sp³-hybridized carbons (Fsp3) is 0.333. The van der Waals surface area contributed by atoms with E-state index in [0.717, 1.165) is 0 Å². The minimum atomic E-state index is 0.448. The molecule has 2 heteroatoms. The molecule has 0 saturated heterocycles. The molecule has 2 rings (SSSR count). The van der Waals surface area contributed by atoms with Crippen molar-refractivity contribution < 1.29 is 0 Å². The van der Waals surface area contributed by atoms with E-state index in [1.54, 1.807) is 0 Å². The minimum Gasteiger partial charge on any atom is -0.299 e. The zero-order valence-corrected chi connectivity index (χ0v) is 8.81. The second kappa shape index (κ2) is 4.54. The van der Waals surface area contributed by atoms with Crippen molar-refractivity contribution in [3.05, 3.63) is 29.8 Å². The van der Waals surface area contributed by atoms with Crippen molar-refractivity contribution in [3.63, 3.8) is 0 Å². The van der Waals surface area contributed by atoms with Crippen LogP contribution in [0.25, 0.3) is 0 Å². The van der Waals surface area contributed by atoms with E-state index >= 15 is 0 Å². The normalized spacial score (nSPS) is 19.8. The maximum absolute atomic E-state index is 5.25. The quantitative estimate of drug-likeness (QED) is 0.741. The topological polar surface area (TPSA) is 12.0 Å². The SMILES string of the molecule is C#CCNC1CCSc2ccccc21. The molecule has 1 aliphatic rings. The van der Waals surface area contributed by atoms with Gasteiger partial charge in [-0.05, 0) is 23.8 Å². The predicted molar refractivity (Wildman–Crippen MR) is 61.4 cm³/mol. The number of hydrogen-bond donors (Lipinski definition) is 1. The fourth-order valence-corrected chi connectivity index (χ4v) is 2.86. The van der Waals surface area contributed by atoms with E-state index in [1.807, 2.05) is 11.8 Å². The Balaban J connectivity index is 2.18. The fourth-order valence-electron chi connectivity index (χ4n) is 1.74. The molecule has 1 unspecified atom stereocenters. The van der Waals surface area contributed by atoms with Gasteiger partial charge in [0.1, 0.15) is 0 Å². The van der Waals surface area contributed by atoms with Gasteiger partial charge in [0.15, 0.2) is 0 Å². The van der Waals surface area contributed by atoms with Crippen LogP contribution in [0.3, 0.4) is 0 Å². The van der Waals surface area contributed by atoms with E-state index in [9.17, 15) is 0 Å². The van der Waals surface area contributed by atoms with E-state index in [4.69, 9.17) is 6.42 Å². The molecule has 14 heavy (non-hydrogen) atoms. The van der Waals surface area contributed by atoms with Crippen LogP contribution in [0.2, 0.25) is 0 Å². The van der Waals surface area contributed by atoms with Crippen molar-refractivity contribution in [1.82, 2.24) is 5.32 Å². The largest absolute Gasteiger partial charge is 0.299 e. The lowest BCUT2D eigenvalue weighted by Crippen LogP contribution is -2.24. The zero-order chi connectivity index (χ0) is 9.80. The Bertz CT molecular complexity index is 354. The highest BCUT2D eigenvalue weighted by Gasteiger charge is 2.18. The first kappa shape index (κ1) is 9.64. The molecule has 1 nitrogen and oxygen atoms in total. The Kier molecular flexibility index (Phi) is 3.13. The van der Waals surface area contributed by atoms with E-state index in [-0.39, 0.29) is 0 Å². The first-order valence-electron chi connectivity index (χ1n) is 4.80. The smallest absolute Gasteiger partial charge is 0.0578 e. The monoisotopic (exact) mass is 203 g/mol. The zero-order valence-electron chi connectivity index (χ0n) is 7.99. The molecule has 0 saturated carbocycles. The Hall–Kier alpha value is -0.910. The second-order valence-corrected chi connectivity index (χ2v) is 4.45. The summed E-state index contributed by atoms with van der Waals surface area (Å²) < 4.78 is 0. The van der Waals surface area contributed by atoms with Crippen LogP contribution in [0.15, 0.2) is 29.2 Å². The highest BCUT2D eigenvalue weighted by molar-refractivity contribution is 7.99. The first-order valence-corrected chi connectivity index (χ1v) is 5.79. The number of fused-ring (bicyclic) bond motifs is 1. The Morgan fingerprint density at radius 3 is 3.21 bits per heavy atom. The van der Waals surface area contributed by atoms with Crippen molar-refractivity contribution in [3.8, 4) is 12.3 Å². The minimum absolute atomic E-state index is 0.448. The summed E-state index contributed by atoms with van der Waals surface area (Å²) in [6.45, 7) is 0.656. The molecule has 0 fully saturated rings. The Morgan fingerprint density at radius 2 is 2.36 bits per heavy atom. The maximum Gasteiger partial charge on any atom is 0.0578 e. The third kappa shape index (κ3) is 1.95. The summed E-state index contributed by atoms with van der Waals surface area (Å²) in [5, 5.41) is 3.38. The Labute approximate surface area is 89.3 Å². The molecule has 0 radical (unpaired) electrons. The summed E-state index contributed by atoms with van der Waals surface area (Å²) in [5.74, 6) is 3.81. The Morgan fingerprint density at radius 1 is 1.50 bits per heavy atom. The number of benzene rings is 1. The number of rotatable bonds is 2. The van der Waals surface area contributed by atoms with Gasteiger partial charge in [0, 0.05) is 10.9 Å². The summed E-state index contributed by atoms with van der Waals surface area (Å²) in [6, 6.07) is 9.01.